The second kappa shape index (κ2) is 5.60. The van der Waals surface area contributed by atoms with E-state index in [9.17, 15) is 10.1 Å². The maximum atomic E-state index is 10.7. The van der Waals surface area contributed by atoms with E-state index in [0.717, 1.165) is 0 Å². The molecule has 0 aliphatic rings. The summed E-state index contributed by atoms with van der Waals surface area (Å²) in [5.74, 6) is 1.08. The zero-order valence-electron chi connectivity index (χ0n) is 10.6. The van der Waals surface area contributed by atoms with Gasteiger partial charge >= 0.3 is 0 Å². The third kappa shape index (κ3) is 2.97. The highest BCUT2D eigenvalue weighted by molar-refractivity contribution is 6.32. The van der Waals surface area contributed by atoms with Crippen LogP contribution in [0.5, 0.6) is 11.6 Å². The summed E-state index contributed by atoms with van der Waals surface area (Å²) in [4.78, 5) is 18.2. The first-order valence-electron chi connectivity index (χ1n) is 5.51. The van der Waals surface area contributed by atoms with Crippen LogP contribution in [0.4, 0.5) is 5.69 Å². The molecule has 0 aliphatic heterocycles. The Morgan fingerprint density at radius 1 is 1.25 bits per heavy atom. The number of nitro benzene ring substituents is 1. The molecule has 0 unspecified atom stereocenters. The van der Waals surface area contributed by atoms with Crippen LogP contribution in [0.15, 0.2) is 18.2 Å². The van der Waals surface area contributed by atoms with Crippen molar-refractivity contribution in [1.82, 2.24) is 9.97 Å². The summed E-state index contributed by atoms with van der Waals surface area (Å²) < 4.78 is 5.54. The summed E-state index contributed by atoms with van der Waals surface area (Å²) in [6.07, 6.45) is 0. The number of nitrogens with zero attached hydrogens (tertiary/aromatic N) is 3. The normalized spacial score (nSPS) is 10.4. The molecular formula is C12H9Cl2N3O3. The van der Waals surface area contributed by atoms with Gasteiger partial charge in [0, 0.05) is 17.7 Å². The molecule has 2 rings (SSSR count). The molecule has 0 spiro atoms. The first-order chi connectivity index (χ1) is 9.38. The van der Waals surface area contributed by atoms with E-state index in [4.69, 9.17) is 27.9 Å². The van der Waals surface area contributed by atoms with Gasteiger partial charge in [-0.15, -0.1) is 0 Å². The van der Waals surface area contributed by atoms with Crippen molar-refractivity contribution in [2.75, 3.05) is 0 Å². The Balaban J connectivity index is 2.36. The maximum Gasteiger partial charge on any atom is 0.288 e. The van der Waals surface area contributed by atoms with Gasteiger partial charge in [0.15, 0.2) is 0 Å². The molecule has 0 amide bonds. The van der Waals surface area contributed by atoms with Gasteiger partial charge in [0.25, 0.3) is 5.69 Å². The molecule has 1 aromatic carbocycles. The van der Waals surface area contributed by atoms with E-state index >= 15 is 0 Å². The molecule has 0 saturated carbocycles. The van der Waals surface area contributed by atoms with Gasteiger partial charge in [-0.3, -0.25) is 10.1 Å². The van der Waals surface area contributed by atoms with E-state index in [1.54, 1.807) is 13.8 Å². The lowest BCUT2D eigenvalue weighted by atomic mass is 10.3. The van der Waals surface area contributed by atoms with Crippen molar-refractivity contribution in [2.24, 2.45) is 0 Å². The number of nitro groups is 1. The molecule has 0 radical (unpaired) electrons. The molecule has 0 bridgehead atoms. The summed E-state index contributed by atoms with van der Waals surface area (Å²) in [6.45, 7) is 3.39. The van der Waals surface area contributed by atoms with Gasteiger partial charge in [-0.1, -0.05) is 23.2 Å². The second-order valence-electron chi connectivity index (χ2n) is 3.96. The molecule has 1 aromatic heterocycles. The Morgan fingerprint density at radius 2 is 1.95 bits per heavy atom. The van der Waals surface area contributed by atoms with Crippen molar-refractivity contribution in [1.29, 1.82) is 0 Å². The molecule has 0 N–H and O–H groups in total. The van der Waals surface area contributed by atoms with Crippen LogP contribution in [0, 0.1) is 24.0 Å². The van der Waals surface area contributed by atoms with E-state index in [0.29, 0.717) is 22.3 Å². The monoisotopic (exact) mass is 313 g/mol. The maximum absolute atomic E-state index is 10.7. The summed E-state index contributed by atoms with van der Waals surface area (Å²) >= 11 is 11.7. The fourth-order valence-electron chi connectivity index (χ4n) is 1.48. The van der Waals surface area contributed by atoms with Gasteiger partial charge in [-0.25, -0.2) is 4.98 Å². The van der Waals surface area contributed by atoms with Crippen LogP contribution in [0.3, 0.4) is 0 Å². The number of rotatable bonds is 3. The van der Waals surface area contributed by atoms with Crippen LogP contribution in [0.25, 0.3) is 0 Å². The number of halogens is 2. The van der Waals surface area contributed by atoms with E-state index in [1.807, 2.05) is 0 Å². The highest BCUT2D eigenvalue weighted by Gasteiger charge is 2.15. The number of ether oxygens (including phenoxy) is 1. The topological polar surface area (TPSA) is 78.2 Å². The van der Waals surface area contributed by atoms with Crippen LogP contribution < -0.4 is 4.74 Å². The van der Waals surface area contributed by atoms with Crippen molar-refractivity contribution >= 4 is 28.9 Å². The smallest absolute Gasteiger partial charge is 0.288 e. The van der Waals surface area contributed by atoms with Crippen molar-refractivity contribution < 1.29 is 9.66 Å². The van der Waals surface area contributed by atoms with Gasteiger partial charge in [-0.2, -0.15) is 4.98 Å². The van der Waals surface area contributed by atoms with Gasteiger partial charge < -0.3 is 4.74 Å². The summed E-state index contributed by atoms with van der Waals surface area (Å²) in [5, 5.41) is 11.0. The van der Waals surface area contributed by atoms with Crippen molar-refractivity contribution in [3.8, 4) is 11.6 Å². The molecule has 0 atom stereocenters. The quantitative estimate of drug-likeness (QED) is 0.484. The fourth-order valence-corrected chi connectivity index (χ4v) is 1.92. The third-order valence-corrected chi connectivity index (χ3v) is 3.15. The van der Waals surface area contributed by atoms with Crippen LogP contribution in [-0.2, 0) is 0 Å². The molecule has 2 aromatic rings. The summed E-state index contributed by atoms with van der Waals surface area (Å²) in [6, 6.07) is 4.06. The number of aromatic nitrogens is 2. The third-order valence-electron chi connectivity index (χ3n) is 2.48. The molecule has 8 heteroatoms. The molecule has 0 fully saturated rings. The highest BCUT2D eigenvalue weighted by Crippen LogP contribution is 2.32. The average molecular weight is 314 g/mol. The average Bonchev–Trinajstić information content (AvgIpc) is 2.35. The second-order valence-corrected chi connectivity index (χ2v) is 4.73. The Kier molecular flexibility index (Phi) is 4.06. The van der Waals surface area contributed by atoms with Crippen LogP contribution in [-0.4, -0.2) is 14.9 Å². The molecule has 6 nitrogen and oxygen atoms in total. The molecule has 0 saturated heterocycles. The number of aryl methyl sites for hydroxylation is 1. The highest BCUT2D eigenvalue weighted by atomic mass is 35.5. The number of hydrogen-bond acceptors (Lipinski definition) is 5. The molecule has 20 heavy (non-hydrogen) atoms. The first-order valence-corrected chi connectivity index (χ1v) is 6.26. The minimum atomic E-state index is -0.566. The van der Waals surface area contributed by atoms with E-state index in [1.165, 1.54) is 18.2 Å². The predicted octanol–water partition coefficient (Wildman–Crippen LogP) is 4.10. The minimum Gasteiger partial charge on any atom is -0.439 e. The lowest BCUT2D eigenvalue weighted by Crippen LogP contribution is -1.98. The van der Waals surface area contributed by atoms with Crippen LogP contribution in [0.2, 0.25) is 10.2 Å². The fraction of sp³-hybridized carbons (Fsp3) is 0.167. The number of hydrogen-bond donors (Lipinski definition) is 0. The molecular weight excluding hydrogens is 305 g/mol. The van der Waals surface area contributed by atoms with Gasteiger partial charge in [0.05, 0.1) is 4.92 Å². The molecule has 0 aliphatic carbocycles. The van der Waals surface area contributed by atoms with Crippen LogP contribution >= 0.6 is 23.2 Å². The largest absolute Gasteiger partial charge is 0.439 e. The van der Waals surface area contributed by atoms with E-state index in [2.05, 4.69) is 9.97 Å². The predicted molar refractivity (Wildman–Crippen MR) is 74.7 cm³/mol. The zero-order chi connectivity index (χ0) is 14.9. The number of benzene rings is 1. The van der Waals surface area contributed by atoms with Gasteiger partial charge in [0.2, 0.25) is 5.88 Å². The lowest BCUT2D eigenvalue weighted by molar-refractivity contribution is -0.384. The summed E-state index contributed by atoms with van der Waals surface area (Å²) in [5.41, 5.74) is 0.388. The molecule has 104 valence electrons. The standard InChI is InChI=1S/C12H9Cl2N3O3/c1-6-11(14)15-7(2)16-12(6)20-8-3-4-10(17(18)19)9(13)5-8/h3-5H,1-2H3. The zero-order valence-corrected chi connectivity index (χ0v) is 12.1. The van der Waals surface area contributed by atoms with Gasteiger partial charge in [-0.05, 0) is 19.9 Å². The van der Waals surface area contributed by atoms with Crippen molar-refractivity contribution in [3.05, 3.63) is 49.9 Å². The molecule has 1 heterocycles. The Bertz CT molecular complexity index is 692. The Morgan fingerprint density at radius 3 is 2.55 bits per heavy atom. The first kappa shape index (κ1) is 14.5. The SMILES string of the molecule is Cc1nc(Cl)c(C)c(Oc2ccc([N+](=O)[O-])c(Cl)c2)n1. The summed E-state index contributed by atoms with van der Waals surface area (Å²) in [7, 11) is 0. The van der Waals surface area contributed by atoms with Crippen molar-refractivity contribution in [2.45, 2.75) is 13.8 Å². The van der Waals surface area contributed by atoms with E-state index < -0.39 is 4.92 Å². The van der Waals surface area contributed by atoms with Gasteiger partial charge in [0.1, 0.15) is 21.7 Å². The Hall–Kier alpha value is -1.92. The van der Waals surface area contributed by atoms with E-state index in [-0.39, 0.29) is 16.6 Å². The van der Waals surface area contributed by atoms with Crippen LogP contribution in [0.1, 0.15) is 11.4 Å². The van der Waals surface area contributed by atoms with Crippen molar-refractivity contribution in [3.63, 3.8) is 0 Å². The minimum absolute atomic E-state index is 0.0120. The Labute approximate surface area is 124 Å². The lowest BCUT2D eigenvalue weighted by Gasteiger charge is -2.09.